The first-order valence-electron chi connectivity index (χ1n) is 8.87. The SMILES string of the molecule is Cc1ncsc1CN1Cc2ccnn2[C@@H](CNC(=O)N2CCCC2)C1. The predicted octanol–water partition coefficient (Wildman–Crippen LogP) is 2.01. The zero-order valence-electron chi connectivity index (χ0n) is 14.5. The molecule has 0 saturated carbocycles. The first kappa shape index (κ1) is 16.5. The van der Waals surface area contributed by atoms with E-state index >= 15 is 0 Å². The van der Waals surface area contributed by atoms with Crippen molar-refractivity contribution in [1.82, 2.24) is 29.9 Å². The second-order valence-electron chi connectivity index (χ2n) is 6.83. The van der Waals surface area contributed by atoms with Gasteiger partial charge in [-0.2, -0.15) is 5.10 Å². The number of hydrogen-bond acceptors (Lipinski definition) is 5. The summed E-state index contributed by atoms with van der Waals surface area (Å²) in [6.07, 6.45) is 4.08. The van der Waals surface area contributed by atoms with E-state index in [0.717, 1.165) is 51.3 Å². The second kappa shape index (κ2) is 7.13. The Bertz CT molecular complexity index is 735. The summed E-state index contributed by atoms with van der Waals surface area (Å²) in [7, 11) is 0. The van der Waals surface area contributed by atoms with Crippen LogP contribution in [0.3, 0.4) is 0 Å². The van der Waals surface area contributed by atoms with Gasteiger partial charge in [-0.1, -0.05) is 0 Å². The molecule has 2 aliphatic rings. The summed E-state index contributed by atoms with van der Waals surface area (Å²) in [5, 5.41) is 7.58. The maximum atomic E-state index is 12.3. The van der Waals surface area contributed by atoms with Crippen LogP contribution in [0.1, 0.15) is 35.1 Å². The Morgan fingerprint density at radius 3 is 3.00 bits per heavy atom. The van der Waals surface area contributed by atoms with Crippen LogP contribution in [0, 0.1) is 6.92 Å². The standard InChI is InChI=1S/C17H24N6OS/c1-13-16(25-12-19-13)11-21-9-14-4-5-20-23(14)15(10-21)8-18-17(24)22-6-2-3-7-22/h4-5,12,15H,2-3,6-11H2,1H3,(H,18,24)/t15-/m0/s1. The maximum Gasteiger partial charge on any atom is 0.317 e. The summed E-state index contributed by atoms with van der Waals surface area (Å²) in [6.45, 7) is 7.09. The van der Waals surface area contributed by atoms with Crippen LogP contribution in [-0.4, -0.2) is 56.8 Å². The van der Waals surface area contributed by atoms with Crippen LogP contribution in [0.2, 0.25) is 0 Å². The number of carbonyl (C=O) groups excluding carboxylic acids is 1. The number of hydrogen-bond donors (Lipinski definition) is 1. The number of carbonyl (C=O) groups is 1. The summed E-state index contributed by atoms with van der Waals surface area (Å²) in [6, 6.07) is 2.29. The summed E-state index contributed by atoms with van der Waals surface area (Å²) in [5.74, 6) is 0. The lowest BCUT2D eigenvalue weighted by Crippen LogP contribution is -2.45. The van der Waals surface area contributed by atoms with Crippen molar-refractivity contribution in [2.45, 2.75) is 38.9 Å². The molecule has 25 heavy (non-hydrogen) atoms. The minimum atomic E-state index is 0.0571. The van der Waals surface area contributed by atoms with Gasteiger partial charge in [0.1, 0.15) is 0 Å². The fraction of sp³-hybridized carbons (Fsp3) is 0.588. The van der Waals surface area contributed by atoms with Gasteiger partial charge >= 0.3 is 6.03 Å². The molecule has 134 valence electrons. The molecule has 7 nitrogen and oxygen atoms in total. The van der Waals surface area contributed by atoms with Crippen molar-refractivity contribution in [3.8, 4) is 0 Å². The Morgan fingerprint density at radius 2 is 2.24 bits per heavy atom. The number of nitrogens with zero attached hydrogens (tertiary/aromatic N) is 5. The van der Waals surface area contributed by atoms with E-state index in [9.17, 15) is 4.79 Å². The maximum absolute atomic E-state index is 12.3. The van der Waals surface area contributed by atoms with Gasteiger partial charge in [0.25, 0.3) is 0 Å². The predicted molar refractivity (Wildman–Crippen MR) is 96.4 cm³/mol. The van der Waals surface area contributed by atoms with Gasteiger partial charge in [0, 0.05) is 50.3 Å². The van der Waals surface area contributed by atoms with Crippen molar-refractivity contribution in [1.29, 1.82) is 0 Å². The lowest BCUT2D eigenvalue weighted by Gasteiger charge is -2.34. The van der Waals surface area contributed by atoms with Gasteiger partial charge in [-0.3, -0.25) is 9.58 Å². The fourth-order valence-electron chi connectivity index (χ4n) is 3.65. The summed E-state index contributed by atoms with van der Waals surface area (Å²) in [5.41, 5.74) is 4.23. The molecule has 4 rings (SSSR count). The van der Waals surface area contributed by atoms with E-state index in [1.165, 1.54) is 10.6 Å². The van der Waals surface area contributed by atoms with Crippen molar-refractivity contribution in [3.05, 3.63) is 34.0 Å². The molecule has 1 atom stereocenters. The Hall–Kier alpha value is -1.93. The van der Waals surface area contributed by atoms with Crippen LogP contribution in [0.5, 0.6) is 0 Å². The molecule has 2 aliphatic heterocycles. The van der Waals surface area contributed by atoms with Gasteiger partial charge in [-0.05, 0) is 25.8 Å². The molecule has 0 unspecified atom stereocenters. The van der Waals surface area contributed by atoms with Gasteiger partial charge in [-0.25, -0.2) is 9.78 Å². The summed E-state index contributed by atoms with van der Waals surface area (Å²) < 4.78 is 2.07. The average molecular weight is 360 g/mol. The van der Waals surface area contributed by atoms with E-state index in [1.807, 2.05) is 16.6 Å². The van der Waals surface area contributed by atoms with E-state index in [1.54, 1.807) is 11.3 Å². The van der Waals surface area contributed by atoms with Crippen molar-refractivity contribution >= 4 is 17.4 Å². The van der Waals surface area contributed by atoms with Crippen molar-refractivity contribution < 1.29 is 4.79 Å². The van der Waals surface area contributed by atoms with Crippen molar-refractivity contribution in [2.24, 2.45) is 0 Å². The molecule has 2 aromatic rings. The highest BCUT2D eigenvalue weighted by Crippen LogP contribution is 2.24. The highest BCUT2D eigenvalue weighted by atomic mass is 32.1. The lowest BCUT2D eigenvalue weighted by molar-refractivity contribution is 0.162. The minimum absolute atomic E-state index is 0.0571. The quantitative estimate of drug-likeness (QED) is 0.906. The van der Waals surface area contributed by atoms with Crippen LogP contribution in [0.4, 0.5) is 4.79 Å². The number of urea groups is 1. The number of thiazole rings is 1. The first-order chi connectivity index (χ1) is 12.2. The lowest BCUT2D eigenvalue weighted by atomic mass is 10.2. The molecule has 0 radical (unpaired) electrons. The number of fused-ring (bicyclic) bond motifs is 1. The Balaban J connectivity index is 1.41. The number of amides is 2. The van der Waals surface area contributed by atoms with Crippen molar-refractivity contribution in [2.75, 3.05) is 26.2 Å². The molecular formula is C17H24N6OS. The third-order valence-electron chi connectivity index (χ3n) is 5.05. The number of aryl methyl sites for hydroxylation is 1. The Kier molecular flexibility index (Phi) is 4.72. The molecule has 2 amide bonds. The molecule has 1 fully saturated rings. The molecule has 1 N–H and O–H groups in total. The Morgan fingerprint density at radius 1 is 1.40 bits per heavy atom. The van der Waals surface area contributed by atoms with Gasteiger partial charge in [0.2, 0.25) is 0 Å². The van der Waals surface area contributed by atoms with Gasteiger partial charge in [-0.15, -0.1) is 11.3 Å². The number of nitrogens with one attached hydrogen (secondary N) is 1. The van der Waals surface area contributed by atoms with Crippen LogP contribution in [0.25, 0.3) is 0 Å². The molecule has 8 heteroatoms. The topological polar surface area (TPSA) is 66.3 Å². The first-order valence-corrected chi connectivity index (χ1v) is 9.75. The molecule has 2 aromatic heterocycles. The van der Waals surface area contributed by atoms with E-state index in [2.05, 4.69) is 38.0 Å². The normalized spacial score (nSPS) is 20.7. The molecule has 0 bridgehead atoms. The van der Waals surface area contributed by atoms with E-state index in [-0.39, 0.29) is 12.1 Å². The monoisotopic (exact) mass is 360 g/mol. The average Bonchev–Trinajstić information content (AvgIpc) is 3.34. The molecule has 4 heterocycles. The zero-order valence-corrected chi connectivity index (χ0v) is 15.3. The van der Waals surface area contributed by atoms with Gasteiger partial charge < -0.3 is 10.2 Å². The third-order valence-corrected chi connectivity index (χ3v) is 5.97. The number of aromatic nitrogens is 3. The van der Waals surface area contributed by atoms with Crippen LogP contribution >= 0.6 is 11.3 Å². The van der Waals surface area contributed by atoms with Crippen LogP contribution in [-0.2, 0) is 13.1 Å². The van der Waals surface area contributed by atoms with Crippen molar-refractivity contribution in [3.63, 3.8) is 0 Å². The molecule has 0 aliphatic carbocycles. The largest absolute Gasteiger partial charge is 0.336 e. The fourth-order valence-corrected chi connectivity index (χ4v) is 4.47. The molecule has 0 aromatic carbocycles. The van der Waals surface area contributed by atoms with E-state index in [4.69, 9.17) is 0 Å². The van der Waals surface area contributed by atoms with Crippen LogP contribution in [0.15, 0.2) is 17.8 Å². The highest BCUT2D eigenvalue weighted by molar-refractivity contribution is 7.09. The summed E-state index contributed by atoms with van der Waals surface area (Å²) in [4.78, 5) is 22.3. The third kappa shape index (κ3) is 3.55. The Labute approximate surface area is 151 Å². The molecule has 1 saturated heterocycles. The minimum Gasteiger partial charge on any atom is -0.336 e. The van der Waals surface area contributed by atoms with Gasteiger partial charge in [0.15, 0.2) is 0 Å². The zero-order chi connectivity index (χ0) is 17.2. The molecular weight excluding hydrogens is 336 g/mol. The number of rotatable bonds is 4. The van der Waals surface area contributed by atoms with Crippen LogP contribution < -0.4 is 5.32 Å². The second-order valence-corrected chi connectivity index (χ2v) is 7.77. The van der Waals surface area contributed by atoms with E-state index < -0.39 is 0 Å². The van der Waals surface area contributed by atoms with Gasteiger partial charge in [0.05, 0.1) is 22.9 Å². The smallest absolute Gasteiger partial charge is 0.317 e. The number of likely N-dealkylation sites (tertiary alicyclic amines) is 1. The highest BCUT2D eigenvalue weighted by Gasteiger charge is 2.27. The molecule has 0 spiro atoms. The summed E-state index contributed by atoms with van der Waals surface area (Å²) >= 11 is 1.71. The van der Waals surface area contributed by atoms with E-state index in [0.29, 0.717) is 6.54 Å².